The molecule has 410 valence electrons. The van der Waals surface area contributed by atoms with E-state index in [1.807, 2.05) is 96.1 Å². The number of carbonyl (C=O) groups excluding carboxylic acids is 7. The van der Waals surface area contributed by atoms with Crippen LogP contribution in [-0.4, -0.2) is 108 Å². The van der Waals surface area contributed by atoms with E-state index in [9.17, 15) is 33.6 Å². The van der Waals surface area contributed by atoms with Gasteiger partial charge in [-0.15, -0.1) is 0 Å². The number of amides is 3. The number of urea groups is 1. The van der Waals surface area contributed by atoms with Crippen LogP contribution in [0.25, 0.3) is 0 Å². The lowest BCUT2D eigenvalue weighted by molar-refractivity contribution is -0.161. The summed E-state index contributed by atoms with van der Waals surface area (Å²) in [6.07, 6.45) is 1.39. The first-order chi connectivity index (χ1) is 33.7. The second-order valence-corrected chi connectivity index (χ2v) is 23.7. The molecule has 0 bridgehead atoms. The zero-order valence-corrected chi connectivity index (χ0v) is 46.7. The summed E-state index contributed by atoms with van der Waals surface area (Å²) in [5, 5.41) is 8.48. The molecular formula is C57H89N3O13. The number of esters is 3. The van der Waals surface area contributed by atoms with Gasteiger partial charge in [0.2, 0.25) is 5.91 Å². The first-order valence-electron chi connectivity index (χ1n) is 25.7. The zero-order valence-electron chi connectivity index (χ0n) is 46.7. The van der Waals surface area contributed by atoms with Crippen LogP contribution in [0.2, 0.25) is 0 Å². The molecule has 0 unspecified atom stereocenters. The van der Waals surface area contributed by atoms with Gasteiger partial charge < -0.3 is 44.4 Å². The van der Waals surface area contributed by atoms with Crippen molar-refractivity contribution < 1.29 is 62.0 Å². The van der Waals surface area contributed by atoms with Crippen LogP contribution in [0.3, 0.4) is 0 Å². The van der Waals surface area contributed by atoms with E-state index in [-0.39, 0.29) is 107 Å². The van der Waals surface area contributed by atoms with Gasteiger partial charge in [-0.3, -0.25) is 24.0 Å². The lowest BCUT2D eigenvalue weighted by Gasteiger charge is -2.32. The van der Waals surface area contributed by atoms with Crippen LogP contribution in [0.15, 0.2) is 54.6 Å². The Hall–Kier alpha value is -5.35. The number of ketones is 2. The highest BCUT2D eigenvalue weighted by atomic mass is 16.6. The van der Waals surface area contributed by atoms with Crippen molar-refractivity contribution in [1.82, 2.24) is 16.0 Å². The molecule has 0 aliphatic carbocycles. The van der Waals surface area contributed by atoms with Crippen molar-refractivity contribution in [3.05, 3.63) is 65.7 Å². The van der Waals surface area contributed by atoms with Gasteiger partial charge in [-0.05, 0) is 144 Å². The first-order valence-corrected chi connectivity index (χ1v) is 25.7. The Kier molecular flexibility index (Phi) is 25.8. The molecule has 2 rings (SSSR count). The Bertz CT molecular complexity index is 2050. The molecule has 2 aromatic rings. The molecule has 16 nitrogen and oxygen atoms in total. The predicted molar refractivity (Wildman–Crippen MR) is 281 cm³/mol. The number of hydrogen-bond acceptors (Lipinski definition) is 13. The van der Waals surface area contributed by atoms with Gasteiger partial charge in [0, 0.05) is 44.8 Å². The minimum absolute atomic E-state index is 0.0153. The van der Waals surface area contributed by atoms with Gasteiger partial charge >= 0.3 is 23.9 Å². The molecule has 0 saturated carbocycles. The number of hydrogen-bond donors (Lipinski definition) is 3. The summed E-state index contributed by atoms with van der Waals surface area (Å²) in [5.74, 6) is -2.44. The molecule has 0 aromatic heterocycles. The Morgan fingerprint density at radius 3 is 1.63 bits per heavy atom. The van der Waals surface area contributed by atoms with Crippen LogP contribution < -0.4 is 20.7 Å². The molecule has 73 heavy (non-hydrogen) atoms. The number of carbonyl (C=O) groups is 7. The van der Waals surface area contributed by atoms with E-state index in [1.54, 1.807) is 62.3 Å². The molecule has 0 heterocycles. The molecule has 0 fully saturated rings. The third kappa shape index (κ3) is 29.8. The summed E-state index contributed by atoms with van der Waals surface area (Å²) < 4.78 is 34.0. The van der Waals surface area contributed by atoms with Crippen LogP contribution in [0, 0.1) is 11.3 Å². The number of ether oxygens (including phenoxy) is 6. The van der Waals surface area contributed by atoms with Gasteiger partial charge in [-0.1, -0.05) is 63.2 Å². The summed E-state index contributed by atoms with van der Waals surface area (Å²) in [7, 11) is 0. The van der Waals surface area contributed by atoms with Crippen LogP contribution in [0.4, 0.5) is 4.79 Å². The van der Waals surface area contributed by atoms with Gasteiger partial charge in [0.25, 0.3) is 0 Å². The fourth-order valence-corrected chi connectivity index (χ4v) is 7.35. The summed E-state index contributed by atoms with van der Waals surface area (Å²) in [5.41, 5.74) is -1.35. The summed E-state index contributed by atoms with van der Waals surface area (Å²) >= 11 is 0. The molecule has 3 amide bonds. The highest BCUT2D eigenvalue weighted by Gasteiger charge is 2.33. The molecule has 16 heteroatoms. The van der Waals surface area contributed by atoms with Crippen LogP contribution in [-0.2, 0) is 65.3 Å². The van der Waals surface area contributed by atoms with Crippen molar-refractivity contribution >= 4 is 41.4 Å². The van der Waals surface area contributed by atoms with E-state index in [2.05, 4.69) is 16.0 Å². The highest BCUT2D eigenvalue weighted by molar-refractivity contribution is 5.92. The minimum atomic E-state index is -1.09. The molecule has 0 saturated heterocycles. The second kappa shape index (κ2) is 29.5. The SMILES string of the molecule is CC(C)(C)OC(=O)CC[C@H](NC(=O)N[C@@H](CCC(=O)CCCOCCOCCC(=O)N[C@@H](Cc1ccccc1)C(=O)C[C@@H](Cc1ccc(OC(C)(C)C)cc1)C(=O)OC(C)(C)C)C(=O)OC(C)(C)C)C(C)(C)C. The van der Waals surface area contributed by atoms with Gasteiger partial charge in [-0.25, -0.2) is 9.59 Å². The van der Waals surface area contributed by atoms with Gasteiger partial charge in [0.15, 0.2) is 5.78 Å². The number of Topliss-reactive ketones (excluding diaryl/α,β-unsaturated/α-hetero) is 2. The van der Waals surface area contributed by atoms with Crippen molar-refractivity contribution in [2.45, 2.75) is 209 Å². The van der Waals surface area contributed by atoms with E-state index in [4.69, 9.17) is 28.4 Å². The first kappa shape index (κ1) is 63.8. The second-order valence-electron chi connectivity index (χ2n) is 23.7. The molecule has 0 spiro atoms. The van der Waals surface area contributed by atoms with E-state index in [0.717, 1.165) is 11.1 Å². The molecule has 2 aromatic carbocycles. The predicted octanol–water partition coefficient (Wildman–Crippen LogP) is 9.15. The van der Waals surface area contributed by atoms with Crippen molar-refractivity contribution in [2.24, 2.45) is 11.3 Å². The fraction of sp³-hybridized carbons (Fsp3) is 0.667. The number of rotatable bonds is 29. The van der Waals surface area contributed by atoms with Crippen molar-refractivity contribution in [1.29, 1.82) is 0 Å². The van der Waals surface area contributed by atoms with Crippen LogP contribution >= 0.6 is 0 Å². The summed E-state index contributed by atoms with van der Waals surface area (Å²) in [6, 6.07) is 13.7. The van der Waals surface area contributed by atoms with E-state index in [1.165, 1.54) is 0 Å². The molecule has 4 atom stereocenters. The topological polar surface area (TPSA) is 211 Å². The average Bonchev–Trinajstić information content (AvgIpc) is 3.23. The molecule has 3 N–H and O–H groups in total. The number of benzene rings is 2. The van der Waals surface area contributed by atoms with Gasteiger partial charge in [0.05, 0.1) is 31.8 Å². The van der Waals surface area contributed by atoms with Crippen molar-refractivity contribution in [3.8, 4) is 5.75 Å². The lowest BCUT2D eigenvalue weighted by Crippen LogP contribution is -2.53. The monoisotopic (exact) mass is 1020 g/mol. The number of nitrogens with one attached hydrogen (secondary N) is 3. The van der Waals surface area contributed by atoms with Crippen molar-refractivity contribution in [3.63, 3.8) is 0 Å². The standard InChI is InChI=1S/C57H89N3O13/c1-53(2,3)47(29-30-49(64)71-55(7,8)9)60-52(67)59-44(51(66)73-57(13,14)15)28-25-42(61)22-19-32-68-34-35-69-33-31-48(63)58-45(37-39-20-17-16-18-21-39)46(62)38-41(50(65)72-56(10,11)12)36-40-23-26-43(27-24-40)70-54(4,5)6/h16-18,20-21,23-24,26-27,41,44-45,47H,19,22,25,28-38H2,1-15H3,(H,58,63)(H2,59,60,67)/t41-,44+,45+,47+/m1/s1. The molecule has 0 aliphatic heterocycles. The smallest absolute Gasteiger partial charge is 0.329 e. The van der Waals surface area contributed by atoms with Gasteiger partial charge in [-0.2, -0.15) is 0 Å². The lowest BCUT2D eigenvalue weighted by atomic mass is 9.84. The fourth-order valence-electron chi connectivity index (χ4n) is 7.35. The third-order valence-corrected chi connectivity index (χ3v) is 10.7. The Balaban J connectivity index is 1.89. The zero-order chi connectivity index (χ0) is 55.2. The van der Waals surface area contributed by atoms with Crippen LogP contribution in [0.5, 0.6) is 5.75 Å². The average molecular weight is 1020 g/mol. The maximum Gasteiger partial charge on any atom is 0.329 e. The summed E-state index contributed by atoms with van der Waals surface area (Å²) in [4.78, 5) is 92.6. The van der Waals surface area contributed by atoms with Crippen LogP contribution in [0.1, 0.15) is 166 Å². The summed E-state index contributed by atoms with van der Waals surface area (Å²) in [6.45, 7) is 28.3. The van der Waals surface area contributed by atoms with E-state index >= 15 is 0 Å². The molecular weight excluding hydrogens is 935 g/mol. The largest absolute Gasteiger partial charge is 0.488 e. The maximum atomic E-state index is 14.0. The normalized spacial score (nSPS) is 13.9. The Morgan fingerprint density at radius 1 is 0.507 bits per heavy atom. The Labute approximate surface area is 435 Å². The maximum absolute atomic E-state index is 14.0. The third-order valence-electron chi connectivity index (χ3n) is 10.7. The van der Waals surface area contributed by atoms with E-state index < -0.39 is 64.2 Å². The Morgan fingerprint density at radius 2 is 1.07 bits per heavy atom. The minimum Gasteiger partial charge on any atom is -0.488 e. The molecule has 0 radical (unpaired) electrons. The molecule has 0 aliphatic rings. The van der Waals surface area contributed by atoms with Crippen molar-refractivity contribution in [2.75, 3.05) is 26.4 Å². The van der Waals surface area contributed by atoms with E-state index in [0.29, 0.717) is 18.6 Å². The van der Waals surface area contributed by atoms with Gasteiger partial charge in [0.1, 0.15) is 40.0 Å². The highest BCUT2D eigenvalue weighted by Crippen LogP contribution is 2.26. The quantitative estimate of drug-likeness (QED) is 0.0395.